The predicted molar refractivity (Wildman–Crippen MR) is 77.7 cm³/mol. The van der Waals surface area contributed by atoms with Crippen molar-refractivity contribution < 1.29 is 4.42 Å². The number of aryl methyl sites for hydroxylation is 2. The number of hydrogen-bond donors (Lipinski definition) is 2. The molecule has 1 fully saturated rings. The number of fused-ring (bicyclic) bond motifs is 3. The third-order valence-corrected chi connectivity index (χ3v) is 4.61. The van der Waals surface area contributed by atoms with Crippen molar-refractivity contribution in [3.05, 3.63) is 17.7 Å². The van der Waals surface area contributed by atoms with Gasteiger partial charge < -0.3 is 15.5 Å². The third kappa shape index (κ3) is 1.97. The molecule has 0 atom stereocenters. The van der Waals surface area contributed by atoms with Crippen molar-refractivity contribution in [1.82, 2.24) is 9.97 Å². The highest BCUT2D eigenvalue weighted by Gasteiger charge is 2.25. The maximum Gasteiger partial charge on any atom is 0.231 e. The summed E-state index contributed by atoms with van der Waals surface area (Å²) in [7, 11) is 0. The molecule has 5 nitrogen and oxygen atoms in total. The smallest absolute Gasteiger partial charge is 0.231 e. The van der Waals surface area contributed by atoms with E-state index in [4.69, 9.17) is 10.2 Å². The fourth-order valence-corrected chi connectivity index (χ4v) is 3.49. The predicted octanol–water partition coefficient (Wildman–Crippen LogP) is 2.39. The molecule has 0 unspecified atom stereocenters. The number of aromatic nitrogens is 2. The van der Waals surface area contributed by atoms with Crippen LogP contribution < -0.4 is 11.1 Å². The standard InChI is InChI=1S/C15H20N4O/c16-9-4-6-10(7-5-9)19-14-13-11-2-1-3-12(11)20-15(13)18-8-17-14/h8-10H,1-7,16H2,(H,17,18,19). The summed E-state index contributed by atoms with van der Waals surface area (Å²) < 4.78 is 5.85. The van der Waals surface area contributed by atoms with E-state index in [1.165, 1.54) is 12.0 Å². The Morgan fingerprint density at radius 1 is 1.15 bits per heavy atom. The van der Waals surface area contributed by atoms with Gasteiger partial charge in [0.05, 0.1) is 5.39 Å². The summed E-state index contributed by atoms with van der Waals surface area (Å²) >= 11 is 0. The Bertz CT molecular complexity index is 628. The number of nitrogens with two attached hydrogens (primary N) is 1. The van der Waals surface area contributed by atoms with Gasteiger partial charge in [0.25, 0.3) is 0 Å². The monoisotopic (exact) mass is 272 g/mol. The summed E-state index contributed by atoms with van der Waals surface area (Å²) in [5.41, 5.74) is 8.02. The van der Waals surface area contributed by atoms with Gasteiger partial charge in [0.15, 0.2) is 0 Å². The molecule has 2 aromatic rings. The van der Waals surface area contributed by atoms with Crippen molar-refractivity contribution >= 4 is 16.9 Å². The average Bonchev–Trinajstić information content (AvgIpc) is 3.02. The van der Waals surface area contributed by atoms with Gasteiger partial charge in [0.2, 0.25) is 5.71 Å². The van der Waals surface area contributed by atoms with Crippen LogP contribution in [0.3, 0.4) is 0 Å². The Kier molecular flexibility index (Phi) is 2.88. The van der Waals surface area contributed by atoms with E-state index in [1.807, 2.05) is 0 Å². The Morgan fingerprint density at radius 3 is 2.85 bits per heavy atom. The van der Waals surface area contributed by atoms with Crippen LogP contribution in [0.2, 0.25) is 0 Å². The zero-order chi connectivity index (χ0) is 13.5. The minimum atomic E-state index is 0.372. The fraction of sp³-hybridized carbons (Fsp3) is 0.600. The molecule has 0 bridgehead atoms. The summed E-state index contributed by atoms with van der Waals surface area (Å²) in [4.78, 5) is 8.73. The van der Waals surface area contributed by atoms with Gasteiger partial charge in [-0.15, -0.1) is 0 Å². The molecule has 0 amide bonds. The van der Waals surface area contributed by atoms with E-state index < -0.39 is 0 Å². The van der Waals surface area contributed by atoms with Crippen LogP contribution >= 0.6 is 0 Å². The van der Waals surface area contributed by atoms with E-state index in [9.17, 15) is 0 Å². The number of rotatable bonds is 2. The Labute approximate surface area is 118 Å². The molecule has 2 aliphatic carbocycles. The summed E-state index contributed by atoms with van der Waals surface area (Å²) in [5.74, 6) is 2.05. The second kappa shape index (κ2) is 4.74. The molecule has 0 spiro atoms. The van der Waals surface area contributed by atoms with Crippen LogP contribution in [0.15, 0.2) is 10.7 Å². The molecule has 2 aliphatic rings. The van der Waals surface area contributed by atoms with Crippen molar-refractivity contribution in [3.63, 3.8) is 0 Å². The molecular formula is C15H20N4O. The molecule has 3 N–H and O–H groups in total. The van der Waals surface area contributed by atoms with Crippen molar-refractivity contribution in [2.45, 2.75) is 57.0 Å². The largest absolute Gasteiger partial charge is 0.442 e. The lowest BCUT2D eigenvalue weighted by molar-refractivity contribution is 0.410. The van der Waals surface area contributed by atoms with Crippen molar-refractivity contribution in [2.75, 3.05) is 5.32 Å². The topological polar surface area (TPSA) is 77.0 Å². The highest BCUT2D eigenvalue weighted by Crippen LogP contribution is 2.35. The first-order chi connectivity index (χ1) is 9.81. The van der Waals surface area contributed by atoms with Crippen LogP contribution in [0.4, 0.5) is 5.82 Å². The first-order valence-electron chi connectivity index (χ1n) is 7.58. The third-order valence-electron chi connectivity index (χ3n) is 4.61. The van der Waals surface area contributed by atoms with E-state index in [0.717, 1.165) is 61.2 Å². The first kappa shape index (κ1) is 12.1. The van der Waals surface area contributed by atoms with Crippen LogP contribution in [-0.4, -0.2) is 22.1 Å². The van der Waals surface area contributed by atoms with Gasteiger partial charge in [-0.05, 0) is 38.5 Å². The summed E-state index contributed by atoms with van der Waals surface area (Å²) in [5, 5.41) is 4.70. The molecule has 106 valence electrons. The second-order valence-electron chi connectivity index (χ2n) is 6.02. The van der Waals surface area contributed by atoms with Gasteiger partial charge in [-0.3, -0.25) is 0 Å². The minimum Gasteiger partial charge on any atom is -0.442 e. The highest BCUT2D eigenvalue weighted by atomic mass is 16.3. The number of anilines is 1. The molecule has 0 saturated heterocycles. The molecule has 1 saturated carbocycles. The van der Waals surface area contributed by atoms with Crippen LogP contribution in [0.1, 0.15) is 43.4 Å². The van der Waals surface area contributed by atoms with Gasteiger partial charge in [-0.25, -0.2) is 9.97 Å². The lowest BCUT2D eigenvalue weighted by Crippen LogP contribution is -2.33. The van der Waals surface area contributed by atoms with Gasteiger partial charge in [-0.2, -0.15) is 0 Å². The molecule has 20 heavy (non-hydrogen) atoms. The molecule has 2 aromatic heterocycles. The van der Waals surface area contributed by atoms with Crippen LogP contribution in [-0.2, 0) is 12.8 Å². The van der Waals surface area contributed by atoms with E-state index in [2.05, 4.69) is 15.3 Å². The summed E-state index contributed by atoms with van der Waals surface area (Å²) in [6.45, 7) is 0. The maximum absolute atomic E-state index is 5.97. The van der Waals surface area contributed by atoms with E-state index in [-0.39, 0.29) is 0 Å². The van der Waals surface area contributed by atoms with Crippen molar-refractivity contribution in [1.29, 1.82) is 0 Å². The van der Waals surface area contributed by atoms with Crippen LogP contribution in [0.25, 0.3) is 11.1 Å². The van der Waals surface area contributed by atoms with E-state index in [0.29, 0.717) is 12.1 Å². The van der Waals surface area contributed by atoms with Crippen molar-refractivity contribution in [3.8, 4) is 0 Å². The van der Waals surface area contributed by atoms with Gasteiger partial charge in [-0.1, -0.05) is 0 Å². The van der Waals surface area contributed by atoms with E-state index >= 15 is 0 Å². The molecule has 0 aliphatic heterocycles. The van der Waals surface area contributed by atoms with Gasteiger partial charge in [0, 0.05) is 24.1 Å². The molecule has 0 aromatic carbocycles. The number of nitrogens with one attached hydrogen (secondary N) is 1. The zero-order valence-corrected chi connectivity index (χ0v) is 11.6. The highest BCUT2D eigenvalue weighted by molar-refractivity contribution is 5.90. The lowest BCUT2D eigenvalue weighted by atomic mass is 9.92. The molecular weight excluding hydrogens is 252 g/mol. The normalized spacial score (nSPS) is 25.9. The number of furan rings is 1. The average molecular weight is 272 g/mol. The quantitative estimate of drug-likeness (QED) is 0.877. The molecule has 4 rings (SSSR count). The van der Waals surface area contributed by atoms with Gasteiger partial charge >= 0.3 is 0 Å². The Hall–Kier alpha value is -1.62. The lowest BCUT2D eigenvalue weighted by Gasteiger charge is -2.27. The first-order valence-corrected chi connectivity index (χ1v) is 7.58. The summed E-state index contributed by atoms with van der Waals surface area (Å²) in [6.07, 6.45) is 9.31. The maximum atomic E-state index is 5.97. The Balaban J connectivity index is 1.66. The van der Waals surface area contributed by atoms with E-state index in [1.54, 1.807) is 6.33 Å². The Morgan fingerprint density at radius 2 is 2.00 bits per heavy atom. The van der Waals surface area contributed by atoms with Crippen LogP contribution in [0.5, 0.6) is 0 Å². The van der Waals surface area contributed by atoms with Gasteiger partial charge in [0.1, 0.15) is 17.9 Å². The summed E-state index contributed by atoms with van der Waals surface area (Å²) in [6, 6.07) is 0.844. The van der Waals surface area contributed by atoms with Crippen LogP contribution in [0, 0.1) is 0 Å². The zero-order valence-electron chi connectivity index (χ0n) is 11.6. The second-order valence-corrected chi connectivity index (χ2v) is 6.02. The fourth-order valence-electron chi connectivity index (χ4n) is 3.49. The molecule has 5 heteroatoms. The SMILES string of the molecule is NC1CCC(Nc2ncnc3oc4c(c23)CCC4)CC1. The van der Waals surface area contributed by atoms with Crippen molar-refractivity contribution in [2.24, 2.45) is 5.73 Å². The molecule has 0 radical (unpaired) electrons. The minimum absolute atomic E-state index is 0.372. The molecule has 2 heterocycles. The number of nitrogens with zero attached hydrogens (tertiary/aromatic N) is 2. The number of hydrogen-bond acceptors (Lipinski definition) is 5.